The van der Waals surface area contributed by atoms with Gasteiger partial charge in [-0.1, -0.05) is 12.1 Å². The van der Waals surface area contributed by atoms with Gasteiger partial charge >= 0.3 is 0 Å². The molecule has 2 heterocycles. The monoisotopic (exact) mass is 546 g/mol. The first kappa shape index (κ1) is 29.3. The number of rotatable bonds is 16. The molecule has 0 radical (unpaired) electrons. The fourth-order valence-electron chi connectivity index (χ4n) is 4.54. The van der Waals surface area contributed by atoms with Crippen molar-refractivity contribution in [2.45, 2.75) is 19.8 Å². The van der Waals surface area contributed by atoms with Gasteiger partial charge in [-0.2, -0.15) is 10.2 Å². The number of nitrogens with one attached hydrogen (secondary N) is 3. The van der Waals surface area contributed by atoms with E-state index in [0.717, 1.165) is 78.8 Å². The van der Waals surface area contributed by atoms with E-state index in [0.29, 0.717) is 6.73 Å². The maximum absolute atomic E-state index is 6.13. The number of aromatic amines is 1. The van der Waals surface area contributed by atoms with Crippen LogP contribution in [-0.2, 0) is 19.8 Å². The van der Waals surface area contributed by atoms with Crippen LogP contribution in [0.15, 0.2) is 60.9 Å². The smallest absolute Gasteiger partial charge is 0.180 e. The third kappa shape index (κ3) is 7.92. The highest BCUT2D eigenvalue weighted by Gasteiger charge is 2.15. The summed E-state index contributed by atoms with van der Waals surface area (Å²) in [5, 5.41) is 18.7. The predicted molar refractivity (Wildman–Crippen MR) is 159 cm³/mol. The largest absolute Gasteiger partial charge is 0.497 e. The summed E-state index contributed by atoms with van der Waals surface area (Å²) < 4.78 is 13.4. The van der Waals surface area contributed by atoms with Crippen LogP contribution in [0.1, 0.15) is 11.1 Å². The molecule has 0 aliphatic carbocycles. The third-order valence-corrected chi connectivity index (χ3v) is 6.77. The Morgan fingerprint density at radius 3 is 2.25 bits per heavy atom. The van der Waals surface area contributed by atoms with Crippen molar-refractivity contribution in [2.75, 3.05) is 61.5 Å². The predicted octanol–water partition coefficient (Wildman–Crippen LogP) is 3.29. The summed E-state index contributed by atoms with van der Waals surface area (Å²) >= 11 is 0. The topological polar surface area (TPSA) is 95.5 Å². The van der Waals surface area contributed by atoms with Gasteiger partial charge in [0.1, 0.15) is 11.5 Å². The Bertz CT molecular complexity index is 1320. The summed E-state index contributed by atoms with van der Waals surface area (Å²) in [5.74, 6) is 1.59. The molecule has 2 aromatic carbocycles. The van der Waals surface area contributed by atoms with Gasteiger partial charge in [0.2, 0.25) is 0 Å². The molecule has 0 aliphatic heterocycles. The van der Waals surface area contributed by atoms with Gasteiger partial charge in [-0.15, -0.1) is 0 Å². The van der Waals surface area contributed by atoms with Crippen molar-refractivity contribution in [3.63, 3.8) is 0 Å². The molecule has 0 amide bonds. The van der Waals surface area contributed by atoms with Gasteiger partial charge in [-0.25, -0.2) is 4.68 Å². The van der Waals surface area contributed by atoms with Crippen molar-refractivity contribution in [3.8, 4) is 34.0 Å². The highest BCUT2D eigenvalue weighted by atomic mass is 16.5. The van der Waals surface area contributed by atoms with E-state index < -0.39 is 0 Å². The van der Waals surface area contributed by atoms with Crippen molar-refractivity contribution >= 4 is 0 Å². The van der Waals surface area contributed by atoms with Crippen LogP contribution in [0.2, 0.25) is 0 Å². The Hall–Kier alpha value is -3.70. The second kappa shape index (κ2) is 14.6. The van der Waals surface area contributed by atoms with Crippen LogP contribution >= 0.6 is 0 Å². The minimum Gasteiger partial charge on any atom is -0.497 e. The summed E-state index contributed by atoms with van der Waals surface area (Å²) in [7, 11) is 9.85. The number of benzene rings is 2. The highest BCUT2D eigenvalue weighted by Crippen LogP contribution is 2.28. The van der Waals surface area contributed by atoms with Gasteiger partial charge in [0.25, 0.3) is 0 Å². The van der Waals surface area contributed by atoms with Crippen LogP contribution in [0.25, 0.3) is 22.5 Å². The lowest BCUT2D eigenvalue weighted by atomic mass is 10.1. The second-order valence-electron chi connectivity index (χ2n) is 10.0. The first-order chi connectivity index (χ1) is 19.5. The number of hydrogen-bond donors (Lipinski definition) is 3. The fraction of sp³-hybridized carbons (Fsp3) is 0.400. The molecule has 0 saturated carbocycles. The van der Waals surface area contributed by atoms with Gasteiger partial charge in [-0.05, 0) is 64.6 Å². The maximum atomic E-state index is 6.13. The first-order valence-electron chi connectivity index (χ1n) is 13.6. The van der Waals surface area contributed by atoms with Crippen LogP contribution in [0.5, 0.6) is 11.5 Å². The normalized spacial score (nSPS) is 11.5. The number of likely N-dealkylation sites (N-methyl/N-ethyl adjacent to an activating group) is 4. The molecule has 40 heavy (non-hydrogen) atoms. The standard InChI is InChI=1S/C30H42N8O2/c1-31-13-15-36(3)19-25-18-33-34-29(25)23-9-11-27(12-10-23)40-22-38-21-26(20-37(4)16-14-32-2)30(35-38)24-7-6-8-28(17-24)39-5/h6-12,17-18,21,31-32H,13-16,19-20,22H2,1-5H3,(H,33,34). The third-order valence-electron chi connectivity index (χ3n) is 6.77. The average molecular weight is 547 g/mol. The van der Waals surface area contributed by atoms with E-state index in [9.17, 15) is 0 Å². The zero-order valence-electron chi connectivity index (χ0n) is 24.3. The summed E-state index contributed by atoms with van der Waals surface area (Å²) in [6.45, 7) is 5.68. The molecule has 0 unspecified atom stereocenters. The second-order valence-corrected chi connectivity index (χ2v) is 10.0. The Morgan fingerprint density at radius 1 is 0.875 bits per heavy atom. The first-order valence-corrected chi connectivity index (χ1v) is 13.6. The molecule has 4 rings (SSSR count). The lowest BCUT2D eigenvalue weighted by Crippen LogP contribution is -2.27. The molecule has 10 nitrogen and oxygen atoms in total. The minimum absolute atomic E-state index is 0.308. The van der Waals surface area contributed by atoms with E-state index in [4.69, 9.17) is 14.6 Å². The van der Waals surface area contributed by atoms with Gasteiger partial charge in [0.05, 0.1) is 24.7 Å². The van der Waals surface area contributed by atoms with Crippen LogP contribution in [0.3, 0.4) is 0 Å². The lowest BCUT2D eigenvalue weighted by molar-refractivity contribution is 0.221. The fourth-order valence-corrected chi connectivity index (χ4v) is 4.54. The quantitative estimate of drug-likeness (QED) is 0.197. The lowest BCUT2D eigenvalue weighted by Gasteiger charge is -2.16. The van der Waals surface area contributed by atoms with E-state index in [-0.39, 0.29) is 0 Å². The molecule has 3 N–H and O–H groups in total. The summed E-state index contributed by atoms with van der Waals surface area (Å²) in [5.41, 5.74) is 6.36. The molecule has 10 heteroatoms. The zero-order chi connectivity index (χ0) is 28.3. The van der Waals surface area contributed by atoms with Crippen molar-refractivity contribution < 1.29 is 9.47 Å². The number of nitrogens with zero attached hydrogens (tertiary/aromatic N) is 5. The number of hydrogen-bond acceptors (Lipinski definition) is 8. The minimum atomic E-state index is 0.308. The van der Waals surface area contributed by atoms with Gasteiger partial charge in [-0.3, -0.25) is 5.10 Å². The SMILES string of the molecule is CNCCN(C)Cc1cn(COc2ccc(-c3[nH]ncc3CN(C)CCNC)cc2)nc1-c1cccc(OC)c1. The molecule has 0 bridgehead atoms. The van der Waals surface area contributed by atoms with Crippen molar-refractivity contribution in [1.82, 2.24) is 40.4 Å². The van der Waals surface area contributed by atoms with E-state index in [1.807, 2.05) is 55.3 Å². The molecule has 214 valence electrons. The van der Waals surface area contributed by atoms with Crippen molar-refractivity contribution in [1.29, 1.82) is 0 Å². The van der Waals surface area contributed by atoms with Crippen LogP contribution < -0.4 is 20.1 Å². The molecule has 0 aliphatic rings. The molecular formula is C30H42N8O2. The molecule has 0 atom stereocenters. The summed E-state index contributed by atoms with van der Waals surface area (Å²) in [4.78, 5) is 4.56. The molecule has 4 aromatic rings. The van der Waals surface area contributed by atoms with Crippen LogP contribution in [0.4, 0.5) is 0 Å². The number of aromatic nitrogens is 4. The number of ether oxygens (including phenoxy) is 2. The van der Waals surface area contributed by atoms with E-state index in [1.165, 1.54) is 5.56 Å². The Kier molecular flexibility index (Phi) is 10.7. The highest BCUT2D eigenvalue weighted by molar-refractivity contribution is 5.65. The average Bonchev–Trinajstić information content (AvgIpc) is 3.61. The van der Waals surface area contributed by atoms with E-state index in [2.05, 4.69) is 69.1 Å². The molecule has 0 spiro atoms. The van der Waals surface area contributed by atoms with Crippen molar-refractivity contribution in [2.24, 2.45) is 0 Å². The molecule has 0 fully saturated rings. The van der Waals surface area contributed by atoms with Crippen LogP contribution in [0, 0.1) is 0 Å². The van der Waals surface area contributed by atoms with Gasteiger partial charge < -0.3 is 29.9 Å². The Morgan fingerprint density at radius 2 is 1.57 bits per heavy atom. The zero-order valence-corrected chi connectivity index (χ0v) is 24.3. The van der Waals surface area contributed by atoms with E-state index >= 15 is 0 Å². The number of methoxy groups -OCH3 is 1. The molecule has 0 saturated heterocycles. The Labute approximate surface area is 237 Å². The summed E-state index contributed by atoms with van der Waals surface area (Å²) in [6.07, 6.45) is 3.97. The van der Waals surface area contributed by atoms with Crippen molar-refractivity contribution in [3.05, 3.63) is 72.1 Å². The van der Waals surface area contributed by atoms with Gasteiger partial charge in [0, 0.05) is 67.7 Å². The van der Waals surface area contributed by atoms with Gasteiger partial charge in [0.15, 0.2) is 6.73 Å². The van der Waals surface area contributed by atoms with E-state index in [1.54, 1.807) is 7.11 Å². The molecule has 2 aromatic heterocycles. The summed E-state index contributed by atoms with van der Waals surface area (Å²) in [6, 6.07) is 16.1. The number of H-pyrrole nitrogens is 1. The maximum Gasteiger partial charge on any atom is 0.180 e. The molecular weight excluding hydrogens is 504 g/mol. The van der Waals surface area contributed by atoms with Crippen LogP contribution in [-0.4, -0.2) is 91.3 Å². The Balaban J connectivity index is 1.45.